The van der Waals surface area contributed by atoms with Gasteiger partial charge in [0.2, 0.25) is 0 Å². The molecule has 4 N–H and O–H groups in total. The summed E-state index contributed by atoms with van der Waals surface area (Å²) in [6.07, 6.45) is 21.5. The lowest BCUT2D eigenvalue weighted by Gasteiger charge is -2.24. The van der Waals surface area contributed by atoms with Crippen LogP contribution in [-0.4, -0.2) is 81.3 Å². The van der Waals surface area contributed by atoms with Crippen LogP contribution in [0.15, 0.2) is 11.6 Å². The molecule has 0 amide bonds. The molecule has 2 saturated heterocycles. The molecule has 3 rings (SSSR count). The van der Waals surface area contributed by atoms with Gasteiger partial charge in [-0.1, -0.05) is 84.0 Å². The van der Waals surface area contributed by atoms with Crippen LogP contribution in [0, 0.1) is 0 Å². The minimum absolute atomic E-state index is 0.0121. The largest absolute Gasteiger partial charge is 0.455 e. The molecule has 0 spiro atoms. The van der Waals surface area contributed by atoms with Gasteiger partial charge >= 0.3 is 5.97 Å². The number of cyclic esters (lactones) is 1. The maximum absolute atomic E-state index is 11.6. The molecule has 8 heteroatoms. The summed E-state index contributed by atoms with van der Waals surface area (Å²) in [5, 5.41) is 41.8. The molecule has 8 nitrogen and oxygen atoms in total. The van der Waals surface area contributed by atoms with Crippen LogP contribution < -0.4 is 0 Å². The van der Waals surface area contributed by atoms with Gasteiger partial charge in [-0.25, -0.2) is 4.79 Å². The summed E-state index contributed by atoms with van der Waals surface area (Å²) in [5.41, 5.74) is 0.857. The molecule has 0 saturated carbocycles. The van der Waals surface area contributed by atoms with Crippen molar-refractivity contribution in [3.8, 4) is 0 Å². The van der Waals surface area contributed by atoms with Crippen molar-refractivity contribution in [1.29, 1.82) is 0 Å². The van der Waals surface area contributed by atoms with Crippen LogP contribution in [0.25, 0.3) is 0 Å². The number of ether oxygens (including phenoxy) is 3. The van der Waals surface area contributed by atoms with E-state index in [-0.39, 0.29) is 36.5 Å². The Morgan fingerprint density at radius 3 is 1.62 bits per heavy atom. The average Bonchev–Trinajstić information content (AvgIpc) is 3.77. The predicted octanol–water partition coefficient (Wildman–Crippen LogP) is 6.83. The molecular weight excluding hydrogens is 572 g/mol. The van der Waals surface area contributed by atoms with Gasteiger partial charge in [-0.15, -0.1) is 0 Å². The molecule has 9 atom stereocenters. The van der Waals surface area contributed by atoms with Crippen LogP contribution in [0.1, 0.15) is 162 Å². The third kappa shape index (κ3) is 14.3. The zero-order valence-corrected chi connectivity index (χ0v) is 28.5. The third-order valence-electron chi connectivity index (χ3n) is 10.2. The first-order valence-electron chi connectivity index (χ1n) is 18.7. The Bertz CT molecular complexity index is 833. The number of hydrogen-bond acceptors (Lipinski definition) is 8. The topological polar surface area (TPSA) is 126 Å². The van der Waals surface area contributed by atoms with E-state index in [0.717, 1.165) is 82.6 Å². The highest BCUT2D eigenvalue weighted by atomic mass is 16.6. The molecule has 0 aliphatic carbocycles. The number of unbranched alkanes of at least 4 members (excludes halogenated alkanes) is 11. The first kappa shape index (κ1) is 38.4. The lowest BCUT2D eigenvalue weighted by atomic mass is 9.98. The van der Waals surface area contributed by atoms with Gasteiger partial charge in [0.05, 0.1) is 48.8 Å². The Hall–Kier alpha value is -1.03. The van der Waals surface area contributed by atoms with Gasteiger partial charge in [-0.05, 0) is 83.6 Å². The van der Waals surface area contributed by atoms with Crippen molar-refractivity contribution >= 4 is 5.97 Å². The Morgan fingerprint density at radius 2 is 1.11 bits per heavy atom. The number of aliphatic hydroxyl groups excluding tert-OH is 4. The summed E-state index contributed by atoms with van der Waals surface area (Å²) in [7, 11) is 0. The van der Waals surface area contributed by atoms with Crippen LogP contribution in [-0.2, 0) is 19.0 Å². The van der Waals surface area contributed by atoms with E-state index in [0.29, 0.717) is 25.7 Å². The van der Waals surface area contributed by atoms with E-state index in [4.69, 9.17) is 14.2 Å². The highest BCUT2D eigenvalue weighted by Gasteiger charge is 2.40. The Labute approximate surface area is 273 Å². The van der Waals surface area contributed by atoms with Gasteiger partial charge in [-0.2, -0.15) is 0 Å². The van der Waals surface area contributed by atoms with Crippen LogP contribution in [0.2, 0.25) is 0 Å². The summed E-state index contributed by atoms with van der Waals surface area (Å²) in [5.74, 6) is -0.129. The SMILES string of the molecule is CCCCCC(O)C(O)CCC[C@H](O)[C@H]1CCC([C@H]2CCC([C@H](O)CCCCCCCCCCCCC3=C[C@H](C)OC3=O)O2)O1. The Balaban J connectivity index is 1.14. The van der Waals surface area contributed by atoms with Crippen molar-refractivity contribution in [2.24, 2.45) is 0 Å². The van der Waals surface area contributed by atoms with E-state index in [1.807, 2.05) is 13.0 Å². The van der Waals surface area contributed by atoms with Gasteiger partial charge in [0, 0.05) is 5.57 Å². The normalized spacial score (nSPS) is 27.8. The van der Waals surface area contributed by atoms with Crippen molar-refractivity contribution in [2.45, 2.75) is 216 Å². The van der Waals surface area contributed by atoms with Gasteiger partial charge in [0.25, 0.3) is 0 Å². The molecular formula is C37H66O8. The molecule has 0 aromatic heterocycles. The molecule has 45 heavy (non-hydrogen) atoms. The molecule has 3 aliphatic rings. The van der Waals surface area contributed by atoms with Crippen molar-refractivity contribution < 1.29 is 39.4 Å². The molecule has 0 bridgehead atoms. The number of carbonyl (C=O) groups excluding carboxylic acids is 1. The van der Waals surface area contributed by atoms with E-state index in [1.54, 1.807) is 0 Å². The lowest BCUT2D eigenvalue weighted by Crippen LogP contribution is -2.33. The van der Waals surface area contributed by atoms with Crippen LogP contribution in [0.3, 0.4) is 0 Å². The Morgan fingerprint density at radius 1 is 0.644 bits per heavy atom. The second-order valence-electron chi connectivity index (χ2n) is 14.2. The van der Waals surface area contributed by atoms with Crippen LogP contribution in [0.5, 0.6) is 0 Å². The van der Waals surface area contributed by atoms with Crippen molar-refractivity contribution in [1.82, 2.24) is 0 Å². The minimum atomic E-state index is -0.729. The standard InChI is InChI=1S/C37H66O8/c1-3-4-13-18-29(38)30(39)20-16-21-32(41)34-23-25-36(45-34)35-24-22-33(44-35)31(40)19-15-12-10-8-6-5-7-9-11-14-17-28-26-27(2)43-37(28)42/h26-27,29-36,38-41H,3-25H2,1-2H3/t27-,29?,30?,31+,32-,33?,34+,35+,36?/m0/s1. The highest BCUT2D eigenvalue weighted by Crippen LogP contribution is 2.34. The molecule has 0 aromatic carbocycles. The summed E-state index contributed by atoms with van der Waals surface area (Å²) >= 11 is 0. The smallest absolute Gasteiger partial charge is 0.334 e. The molecule has 262 valence electrons. The van der Waals surface area contributed by atoms with E-state index in [9.17, 15) is 25.2 Å². The predicted molar refractivity (Wildman–Crippen MR) is 177 cm³/mol. The molecule has 4 unspecified atom stereocenters. The third-order valence-corrected chi connectivity index (χ3v) is 10.2. The van der Waals surface area contributed by atoms with Crippen molar-refractivity contribution in [2.75, 3.05) is 0 Å². The maximum atomic E-state index is 11.6. The molecule has 0 aromatic rings. The fraction of sp³-hybridized carbons (Fsp3) is 0.919. The number of aliphatic hydroxyl groups is 4. The van der Waals surface area contributed by atoms with Gasteiger partial charge in [0.1, 0.15) is 6.10 Å². The molecule has 2 fully saturated rings. The van der Waals surface area contributed by atoms with E-state index in [1.165, 1.54) is 44.9 Å². The molecule has 0 radical (unpaired) electrons. The van der Waals surface area contributed by atoms with Gasteiger partial charge < -0.3 is 34.6 Å². The van der Waals surface area contributed by atoms with E-state index in [2.05, 4.69) is 6.92 Å². The summed E-state index contributed by atoms with van der Waals surface area (Å²) in [4.78, 5) is 11.6. The fourth-order valence-electron chi connectivity index (χ4n) is 7.29. The number of esters is 1. The first-order valence-corrected chi connectivity index (χ1v) is 18.7. The summed E-state index contributed by atoms with van der Waals surface area (Å²) in [6.45, 7) is 4.03. The zero-order valence-electron chi connectivity index (χ0n) is 28.5. The zero-order chi connectivity index (χ0) is 32.4. The van der Waals surface area contributed by atoms with Crippen LogP contribution in [0.4, 0.5) is 0 Å². The molecule has 3 heterocycles. The average molecular weight is 639 g/mol. The second kappa shape index (κ2) is 21.8. The van der Waals surface area contributed by atoms with E-state index >= 15 is 0 Å². The lowest BCUT2D eigenvalue weighted by molar-refractivity contribution is -0.139. The first-order chi connectivity index (χ1) is 21.8. The molecule has 3 aliphatic heterocycles. The quantitative estimate of drug-likeness (QED) is 0.0634. The van der Waals surface area contributed by atoms with Gasteiger partial charge in [-0.3, -0.25) is 0 Å². The summed E-state index contributed by atoms with van der Waals surface area (Å²) in [6, 6.07) is 0. The van der Waals surface area contributed by atoms with Gasteiger partial charge in [0.15, 0.2) is 0 Å². The highest BCUT2D eigenvalue weighted by molar-refractivity contribution is 5.90. The Kier molecular flexibility index (Phi) is 18.6. The summed E-state index contributed by atoms with van der Waals surface area (Å²) < 4.78 is 17.6. The number of carbonyl (C=O) groups is 1. The maximum Gasteiger partial charge on any atom is 0.334 e. The van der Waals surface area contributed by atoms with Crippen LogP contribution >= 0.6 is 0 Å². The monoisotopic (exact) mass is 638 g/mol. The second-order valence-corrected chi connectivity index (χ2v) is 14.2. The van der Waals surface area contributed by atoms with Crippen molar-refractivity contribution in [3.63, 3.8) is 0 Å². The van der Waals surface area contributed by atoms with E-state index < -0.39 is 24.4 Å². The number of rotatable bonds is 25. The van der Waals surface area contributed by atoms with Crippen molar-refractivity contribution in [3.05, 3.63) is 11.6 Å². The minimum Gasteiger partial charge on any atom is -0.455 e. The number of hydrogen-bond donors (Lipinski definition) is 4. The fourth-order valence-corrected chi connectivity index (χ4v) is 7.29.